The van der Waals surface area contributed by atoms with E-state index in [2.05, 4.69) is 22.2 Å². The first kappa shape index (κ1) is 17.1. The summed E-state index contributed by atoms with van der Waals surface area (Å²) in [6, 6.07) is 8.16. The smallest absolute Gasteiger partial charge is 0.260 e. The van der Waals surface area contributed by atoms with Crippen LogP contribution in [0.5, 0.6) is 5.75 Å². The van der Waals surface area contributed by atoms with E-state index in [1.54, 1.807) is 0 Å². The van der Waals surface area contributed by atoms with E-state index in [0.29, 0.717) is 0 Å². The van der Waals surface area contributed by atoms with Gasteiger partial charge in [-0.15, -0.1) is 0 Å². The molecule has 1 aromatic carbocycles. The summed E-state index contributed by atoms with van der Waals surface area (Å²) in [6.07, 6.45) is 3.50. The standard InChI is InChI=1S/C20H25N3O3/c1-15-11-18(21-26-15)13-22-7-9-23(10-8-22)20(24)14-25-19-6-5-16-3-2-4-17(16)12-19/h5-6,11-12H,2-4,7-10,13-14H2,1H3. The highest BCUT2D eigenvalue weighted by Crippen LogP contribution is 2.26. The lowest BCUT2D eigenvalue weighted by atomic mass is 10.1. The molecular weight excluding hydrogens is 330 g/mol. The maximum absolute atomic E-state index is 12.4. The van der Waals surface area contributed by atoms with Crippen molar-refractivity contribution in [2.75, 3.05) is 32.8 Å². The topological polar surface area (TPSA) is 58.8 Å². The second-order valence-corrected chi connectivity index (χ2v) is 7.16. The fourth-order valence-corrected chi connectivity index (χ4v) is 3.75. The first-order chi connectivity index (χ1) is 12.7. The second-order valence-electron chi connectivity index (χ2n) is 7.16. The monoisotopic (exact) mass is 355 g/mol. The summed E-state index contributed by atoms with van der Waals surface area (Å²) in [4.78, 5) is 16.6. The maximum atomic E-state index is 12.4. The molecule has 0 saturated carbocycles. The van der Waals surface area contributed by atoms with E-state index in [9.17, 15) is 4.79 Å². The fourth-order valence-electron chi connectivity index (χ4n) is 3.75. The van der Waals surface area contributed by atoms with Gasteiger partial charge in [-0.1, -0.05) is 11.2 Å². The van der Waals surface area contributed by atoms with Gasteiger partial charge in [-0.2, -0.15) is 0 Å². The number of aryl methyl sites for hydroxylation is 3. The van der Waals surface area contributed by atoms with Crippen molar-refractivity contribution in [3.8, 4) is 5.75 Å². The lowest BCUT2D eigenvalue weighted by Gasteiger charge is -2.34. The van der Waals surface area contributed by atoms with E-state index in [0.717, 1.165) is 62.8 Å². The van der Waals surface area contributed by atoms with Crippen LogP contribution >= 0.6 is 0 Å². The Hall–Kier alpha value is -2.34. The molecule has 2 heterocycles. The largest absolute Gasteiger partial charge is 0.484 e. The van der Waals surface area contributed by atoms with Crippen molar-refractivity contribution in [2.45, 2.75) is 32.7 Å². The second kappa shape index (κ2) is 7.50. The Labute approximate surface area is 153 Å². The van der Waals surface area contributed by atoms with Crippen molar-refractivity contribution in [1.82, 2.24) is 15.0 Å². The number of aromatic nitrogens is 1. The third-order valence-electron chi connectivity index (χ3n) is 5.22. The third-order valence-corrected chi connectivity index (χ3v) is 5.22. The molecule has 0 atom stereocenters. The number of piperazine rings is 1. The molecule has 1 aromatic heterocycles. The van der Waals surface area contributed by atoms with Crippen molar-refractivity contribution in [3.63, 3.8) is 0 Å². The molecule has 1 amide bonds. The Morgan fingerprint density at radius 3 is 2.73 bits per heavy atom. The predicted octanol–water partition coefficient (Wildman–Crippen LogP) is 2.19. The van der Waals surface area contributed by atoms with E-state index in [4.69, 9.17) is 9.26 Å². The van der Waals surface area contributed by atoms with Gasteiger partial charge in [0.1, 0.15) is 11.5 Å². The number of carbonyl (C=O) groups excluding carboxylic acids is 1. The Kier molecular flexibility index (Phi) is 4.93. The Balaban J connectivity index is 1.23. The van der Waals surface area contributed by atoms with Crippen LogP contribution in [0.25, 0.3) is 0 Å². The summed E-state index contributed by atoms with van der Waals surface area (Å²) in [5.41, 5.74) is 3.73. The summed E-state index contributed by atoms with van der Waals surface area (Å²) in [6.45, 7) is 5.92. The number of hydrogen-bond donors (Lipinski definition) is 0. The normalized spacial score (nSPS) is 17.3. The fraction of sp³-hybridized carbons (Fsp3) is 0.500. The van der Waals surface area contributed by atoms with Crippen molar-refractivity contribution < 1.29 is 14.1 Å². The van der Waals surface area contributed by atoms with E-state index in [1.807, 2.05) is 24.0 Å². The van der Waals surface area contributed by atoms with Gasteiger partial charge < -0.3 is 14.2 Å². The molecule has 0 unspecified atom stereocenters. The van der Waals surface area contributed by atoms with Crippen LogP contribution in [0.1, 0.15) is 29.0 Å². The molecule has 2 aromatic rings. The molecule has 2 aliphatic rings. The minimum absolute atomic E-state index is 0.0578. The van der Waals surface area contributed by atoms with Gasteiger partial charge in [0.15, 0.2) is 6.61 Å². The minimum atomic E-state index is 0.0578. The molecule has 0 radical (unpaired) electrons. The van der Waals surface area contributed by atoms with Crippen LogP contribution in [0.15, 0.2) is 28.8 Å². The maximum Gasteiger partial charge on any atom is 0.260 e. The van der Waals surface area contributed by atoms with Gasteiger partial charge in [0.25, 0.3) is 5.91 Å². The number of carbonyl (C=O) groups is 1. The SMILES string of the molecule is Cc1cc(CN2CCN(C(=O)COc3ccc4c(c3)CCC4)CC2)no1. The van der Waals surface area contributed by atoms with Crippen molar-refractivity contribution in [3.05, 3.63) is 46.8 Å². The molecule has 1 fully saturated rings. The number of benzene rings is 1. The molecule has 26 heavy (non-hydrogen) atoms. The summed E-state index contributed by atoms with van der Waals surface area (Å²) >= 11 is 0. The van der Waals surface area contributed by atoms with Crippen molar-refractivity contribution >= 4 is 5.91 Å². The molecule has 0 spiro atoms. The summed E-state index contributed by atoms with van der Waals surface area (Å²) in [7, 11) is 0. The molecule has 0 bridgehead atoms. The molecule has 0 N–H and O–H groups in total. The van der Waals surface area contributed by atoms with E-state index < -0.39 is 0 Å². The number of amides is 1. The average molecular weight is 355 g/mol. The summed E-state index contributed by atoms with van der Waals surface area (Å²) in [5, 5.41) is 4.03. The molecule has 4 rings (SSSR count). The van der Waals surface area contributed by atoms with Crippen LogP contribution in [0.4, 0.5) is 0 Å². The van der Waals surface area contributed by atoms with E-state index in [1.165, 1.54) is 17.5 Å². The quantitative estimate of drug-likeness (QED) is 0.823. The van der Waals surface area contributed by atoms with E-state index in [-0.39, 0.29) is 12.5 Å². The number of nitrogens with zero attached hydrogens (tertiary/aromatic N) is 3. The first-order valence-electron chi connectivity index (χ1n) is 9.34. The van der Waals surface area contributed by atoms with Gasteiger partial charge in [-0.05, 0) is 49.4 Å². The van der Waals surface area contributed by atoms with Gasteiger partial charge in [0.05, 0.1) is 5.69 Å². The molecule has 6 heteroatoms. The van der Waals surface area contributed by atoms with Crippen molar-refractivity contribution in [1.29, 1.82) is 0 Å². The van der Waals surface area contributed by atoms with Crippen LogP contribution in [0, 0.1) is 6.92 Å². The summed E-state index contributed by atoms with van der Waals surface area (Å²) in [5.74, 6) is 1.69. The van der Waals surface area contributed by atoms with Gasteiger partial charge in [-0.3, -0.25) is 9.69 Å². The van der Waals surface area contributed by atoms with Gasteiger partial charge in [0.2, 0.25) is 0 Å². The number of rotatable bonds is 5. The Bertz CT molecular complexity index is 778. The van der Waals surface area contributed by atoms with E-state index >= 15 is 0 Å². The number of ether oxygens (including phenoxy) is 1. The zero-order chi connectivity index (χ0) is 17.9. The number of hydrogen-bond acceptors (Lipinski definition) is 5. The molecule has 1 saturated heterocycles. The Morgan fingerprint density at radius 1 is 1.15 bits per heavy atom. The highest BCUT2D eigenvalue weighted by atomic mass is 16.5. The van der Waals surface area contributed by atoms with Crippen LogP contribution in [0.2, 0.25) is 0 Å². The zero-order valence-corrected chi connectivity index (χ0v) is 15.2. The van der Waals surface area contributed by atoms with Gasteiger partial charge in [-0.25, -0.2) is 0 Å². The third kappa shape index (κ3) is 3.90. The molecule has 6 nitrogen and oxygen atoms in total. The lowest BCUT2D eigenvalue weighted by molar-refractivity contribution is -0.135. The highest BCUT2D eigenvalue weighted by Gasteiger charge is 2.22. The van der Waals surface area contributed by atoms with Gasteiger partial charge >= 0.3 is 0 Å². The van der Waals surface area contributed by atoms with Crippen LogP contribution < -0.4 is 4.74 Å². The Morgan fingerprint density at radius 2 is 1.96 bits per heavy atom. The zero-order valence-electron chi connectivity index (χ0n) is 15.2. The molecule has 1 aliphatic carbocycles. The van der Waals surface area contributed by atoms with Crippen LogP contribution in [0.3, 0.4) is 0 Å². The molecule has 1 aliphatic heterocycles. The number of fused-ring (bicyclic) bond motifs is 1. The van der Waals surface area contributed by atoms with Crippen LogP contribution in [-0.4, -0.2) is 53.6 Å². The van der Waals surface area contributed by atoms with Crippen molar-refractivity contribution in [2.24, 2.45) is 0 Å². The highest BCUT2D eigenvalue weighted by molar-refractivity contribution is 5.77. The van der Waals surface area contributed by atoms with Crippen LogP contribution in [-0.2, 0) is 24.2 Å². The summed E-state index contributed by atoms with van der Waals surface area (Å²) < 4.78 is 10.9. The van der Waals surface area contributed by atoms with Gasteiger partial charge in [0, 0.05) is 38.8 Å². The first-order valence-corrected chi connectivity index (χ1v) is 9.34. The predicted molar refractivity (Wildman–Crippen MR) is 97.1 cm³/mol. The average Bonchev–Trinajstić information content (AvgIpc) is 3.28. The molecular formula is C20H25N3O3. The lowest BCUT2D eigenvalue weighted by Crippen LogP contribution is -2.49. The molecule has 138 valence electrons. The minimum Gasteiger partial charge on any atom is -0.484 e.